The Hall–Kier alpha value is -2.68. The Morgan fingerprint density at radius 2 is 1.77 bits per heavy atom. The van der Waals surface area contributed by atoms with Crippen LogP contribution in [0.25, 0.3) is 21.8 Å². The largest absolute Gasteiger partial charge is 0.342 e. The van der Waals surface area contributed by atoms with Crippen LogP contribution in [-0.2, 0) is 12.8 Å². The van der Waals surface area contributed by atoms with Gasteiger partial charge in [0.05, 0.1) is 11.0 Å². The molecule has 0 aliphatic rings. The van der Waals surface area contributed by atoms with Crippen LogP contribution < -0.4 is 0 Å². The lowest BCUT2D eigenvalue weighted by molar-refractivity contribution is 0.629. The molecule has 0 spiro atoms. The second kappa shape index (κ2) is 5.26. The Labute approximate surface area is 127 Å². The number of hydrogen-bond acceptors (Lipinski definition) is 1. The maximum absolute atomic E-state index is 13.2. The van der Waals surface area contributed by atoms with Gasteiger partial charge < -0.3 is 4.98 Å². The minimum atomic E-state index is -0.250. The lowest BCUT2D eigenvalue weighted by Gasteiger charge is -2.05. The Balaban J connectivity index is 1.62. The molecule has 2 nitrogen and oxygen atoms in total. The van der Waals surface area contributed by atoms with E-state index in [-0.39, 0.29) is 5.82 Å². The number of fused-ring (bicyclic) bond motifs is 2. The summed E-state index contributed by atoms with van der Waals surface area (Å²) >= 11 is 0. The lowest BCUT2D eigenvalue weighted by atomic mass is 10.0. The first-order chi connectivity index (χ1) is 10.8. The third-order valence-corrected chi connectivity index (χ3v) is 4.01. The zero-order chi connectivity index (χ0) is 14.9. The zero-order valence-corrected chi connectivity index (χ0v) is 12.0. The van der Waals surface area contributed by atoms with E-state index in [4.69, 9.17) is 0 Å². The summed E-state index contributed by atoms with van der Waals surface area (Å²) in [5.41, 5.74) is 2.88. The van der Waals surface area contributed by atoms with Crippen LogP contribution in [0.2, 0.25) is 0 Å². The molecule has 4 aromatic rings. The number of rotatable bonds is 3. The normalized spacial score (nSPS) is 11.3. The summed E-state index contributed by atoms with van der Waals surface area (Å²) in [6.07, 6.45) is 1.72. The number of aromatic nitrogens is 2. The summed E-state index contributed by atoms with van der Waals surface area (Å²) < 4.78 is 13.2. The van der Waals surface area contributed by atoms with Crippen molar-refractivity contribution in [3.63, 3.8) is 0 Å². The minimum Gasteiger partial charge on any atom is -0.342 e. The fourth-order valence-corrected chi connectivity index (χ4v) is 2.91. The van der Waals surface area contributed by atoms with Crippen molar-refractivity contribution in [2.24, 2.45) is 0 Å². The van der Waals surface area contributed by atoms with Gasteiger partial charge in [-0.15, -0.1) is 0 Å². The SMILES string of the molecule is Fc1ccc2[nH]c(CCc3cccc4ccccc34)nc2c1. The van der Waals surface area contributed by atoms with E-state index in [1.54, 1.807) is 6.07 Å². The quantitative estimate of drug-likeness (QED) is 0.585. The van der Waals surface area contributed by atoms with Crippen LogP contribution in [0.4, 0.5) is 4.39 Å². The molecule has 0 bridgehead atoms. The van der Waals surface area contributed by atoms with Gasteiger partial charge in [-0.05, 0) is 34.9 Å². The molecule has 3 heteroatoms. The van der Waals surface area contributed by atoms with Crippen molar-refractivity contribution >= 4 is 21.8 Å². The molecule has 0 radical (unpaired) electrons. The van der Waals surface area contributed by atoms with Gasteiger partial charge in [-0.25, -0.2) is 9.37 Å². The van der Waals surface area contributed by atoms with E-state index in [0.717, 1.165) is 24.2 Å². The van der Waals surface area contributed by atoms with Crippen molar-refractivity contribution in [2.75, 3.05) is 0 Å². The summed E-state index contributed by atoms with van der Waals surface area (Å²) in [7, 11) is 0. The summed E-state index contributed by atoms with van der Waals surface area (Å²) in [5, 5.41) is 2.54. The van der Waals surface area contributed by atoms with Crippen molar-refractivity contribution in [2.45, 2.75) is 12.8 Å². The molecule has 0 saturated heterocycles. The van der Waals surface area contributed by atoms with E-state index in [2.05, 4.69) is 52.4 Å². The number of aryl methyl sites for hydroxylation is 2. The maximum Gasteiger partial charge on any atom is 0.125 e. The van der Waals surface area contributed by atoms with Crippen molar-refractivity contribution in [1.29, 1.82) is 0 Å². The van der Waals surface area contributed by atoms with E-state index in [1.165, 1.54) is 28.5 Å². The van der Waals surface area contributed by atoms with Crippen LogP contribution in [0.5, 0.6) is 0 Å². The molecule has 0 unspecified atom stereocenters. The second-order valence-corrected chi connectivity index (χ2v) is 5.48. The highest BCUT2D eigenvalue weighted by Gasteiger charge is 2.06. The number of benzene rings is 3. The molecule has 1 heterocycles. The third-order valence-electron chi connectivity index (χ3n) is 4.01. The smallest absolute Gasteiger partial charge is 0.125 e. The number of halogens is 1. The average molecular weight is 290 g/mol. The molecule has 0 amide bonds. The van der Waals surface area contributed by atoms with Gasteiger partial charge in [-0.1, -0.05) is 42.5 Å². The molecule has 1 aromatic heterocycles. The Morgan fingerprint density at radius 1 is 0.909 bits per heavy atom. The van der Waals surface area contributed by atoms with Gasteiger partial charge in [0.15, 0.2) is 0 Å². The number of imidazole rings is 1. The number of H-pyrrole nitrogens is 1. The zero-order valence-electron chi connectivity index (χ0n) is 12.0. The highest BCUT2D eigenvalue weighted by atomic mass is 19.1. The van der Waals surface area contributed by atoms with Crippen molar-refractivity contribution in [3.05, 3.63) is 77.9 Å². The van der Waals surface area contributed by atoms with E-state index < -0.39 is 0 Å². The Bertz CT molecular complexity index is 951. The lowest BCUT2D eigenvalue weighted by Crippen LogP contribution is -1.94. The highest BCUT2D eigenvalue weighted by Crippen LogP contribution is 2.20. The van der Waals surface area contributed by atoms with Gasteiger partial charge in [0.25, 0.3) is 0 Å². The molecule has 0 aliphatic heterocycles. The standard InChI is InChI=1S/C19H15FN2/c20-15-9-10-17-18(12-15)22-19(21-17)11-8-14-6-3-5-13-4-1-2-7-16(13)14/h1-7,9-10,12H,8,11H2,(H,21,22). The fourth-order valence-electron chi connectivity index (χ4n) is 2.91. The van der Waals surface area contributed by atoms with Gasteiger partial charge in [-0.3, -0.25) is 0 Å². The van der Waals surface area contributed by atoms with Gasteiger partial charge >= 0.3 is 0 Å². The predicted octanol–water partition coefficient (Wildman–Crippen LogP) is 4.64. The van der Waals surface area contributed by atoms with Gasteiger partial charge in [0.2, 0.25) is 0 Å². The molecular formula is C19H15FN2. The summed E-state index contributed by atoms with van der Waals surface area (Å²) in [6.45, 7) is 0. The van der Waals surface area contributed by atoms with E-state index >= 15 is 0 Å². The number of nitrogens with zero attached hydrogens (tertiary/aromatic N) is 1. The van der Waals surface area contributed by atoms with Crippen molar-refractivity contribution < 1.29 is 4.39 Å². The van der Waals surface area contributed by atoms with Gasteiger partial charge in [0.1, 0.15) is 11.6 Å². The molecule has 0 saturated carbocycles. The van der Waals surface area contributed by atoms with Crippen LogP contribution in [-0.4, -0.2) is 9.97 Å². The average Bonchev–Trinajstić information content (AvgIpc) is 2.95. The van der Waals surface area contributed by atoms with Crippen LogP contribution in [0.1, 0.15) is 11.4 Å². The monoisotopic (exact) mass is 290 g/mol. The van der Waals surface area contributed by atoms with Gasteiger partial charge in [0, 0.05) is 12.5 Å². The van der Waals surface area contributed by atoms with Crippen LogP contribution >= 0.6 is 0 Å². The number of nitrogens with one attached hydrogen (secondary N) is 1. The third kappa shape index (κ3) is 2.35. The predicted molar refractivity (Wildman–Crippen MR) is 87.4 cm³/mol. The maximum atomic E-state index is 13.2. The molecule has 0 atom stereocenters. The summed E-state index contributed by atoms with van der Waals surface area (Å²) in [4.78, 5) is 7.74. The van der Waals surface area contributed by atoms with Crippen LogP contribution in [0.15, 0.2) is 60.7 Å². The first kappa shape index (κ1) is 13.0. The molecule has 22 heavy (non-hydrogen) atoms. The molecule has 3 aromatic carbocycles. The highest BCUT2D eigenvalue weighted by molar-refractivity contribution is 5.85. The van der Waals surface area contributed by atoms with Crippen molar-refractivity contribution in [1.82, 2.24) is 9.97 Å². The second-order valence-electron chi connectivity index (χ2n) is 5.48. The Kier molecular flexibility index (Phi) is 3.11. The first-order valence-electron chi connectivity index (χ1n) is 7.40. The molecule has 1 N–H and O–H groups in total. The first-order valence-corrected chi connectivity index (χ1v) is 7.40. The van der Waals surface area contributed by atoms with Crippen LogP contribution in [0, 0.1) is 5.82 Å². The van der Waals surface area contributed by atoms with Crippen LogP contribution in [0.3, 0.4) is 0 Å². The fraction of sp³-hybridized carbons (Fsp3) is 0.105. The van der Waals surface area contributed by atoms with E-state index in [1.807, 2.05) is 0 Å². The summed E-state index contributed by atoms with van der Waals surface area (Å²) in [5.74, 6) is 0.646. The number of hydrogen-bond donors (Lipinski definition) is 1. The molecule has 0 aliphatic carbocycles. The van der Waals surface area contributed by atoms with Crippen molar-refractivity contribution in [3.8, 4) is 0 Å². The van der Waals surface area contributed by atoms with E-state index in [0.29, 0.717) is 5.52 Å². The Morgan fingerprint density at radius 3 is 2.73 bits per heavy atom. The number of aromatic amines is 1. The summed E-state index contributed by atoms with van der Waals surface area (Å²) in [6, 6.07) is 19.4. The molecule has 108 valence electrons. The molecular weight excluding hydrogens is 275 g/mol. The minimum absolute atomic E-state index is 0.250. The molecule has 0 fully saturated rings. The van der Waals surface area contributed by atoms with E-state index in [9.17, 15) is 4.39 Å². The topological polar surface area (TPSA) is 28.7 Å². The van der Waals surface area contributed by atoms with Gasteiger partial charge in [-0.2, -0.15) is 0 Å². The molecule has 4 rings (SSSR count).